The molecule has 5 heteroatoms. The number of hydrogen-bond donors (Lipinski definition) is 1. The first kappa shape index (κ1) is 12.2. The van der Waals surface area contributed by atoms with Gasteiger partial charge in [0.05, 0.1) is 0 Å². The van der Waals surface area contributed by atoms with Crippen LogP contribution >= 0.6 is 11.6 Å². The molecule has 19 heavy (non-hydrogen) atoms. The van der Waals surface area contributed by atoms with Gasteiger partial charge in [-0.2, -0.15) is 4.98 Å². The number of halogens is 1. The predicted molar refractivity (Wildman–Crippen MR) is 78.3 cm³/mol. The van der Waals surface area contributed by atoms with E-state index in [1.807, 2.05) is 42.3 Å². The SMILES string of the molecule is C[C@@H]1Cc2c(nc(Cl)nc2N(C)c2ccccc2)N1. The average Bonchev–Trinajstić information content (AvgIpc) is 2.78. The second-order valence-electron chi connectivity index (χ2n) is 4.79. The Morgan fingerprint density at radius 1 is 1.26 bits per heavy atom. The van der Waals surface area contributed by atoms with Gasteiger partial charge in [0.2, 0.25) is 5.28 Å². The lowest BCUT2D eigenvalue weighted by atomic mass is 10.1. The van der Waals surface area contributed by atoms with Crippen molar-refractivity contribution in [2.75, 3.05) is 17.3 Å². The zero-order chi connectivity index (χ0) is 13.4. The second-order valence-corrected chi connectivity index (χ2v) is 5.13. The van der Waals surface area contributed by atoms with Gasteiger partial charge in [0, 0.05) is 24.3 Å². The van der Waals surface area contributed by atoms with Crippen molar-refractivity contribution in [3.05, 3.63) is 41.2 Å². The van der Waals surface area contributed by atoms with E-state index >= 15 is 0 Å². The van der Waals surface area contributed by atoms with Crippen LogP contribution in [0.1, 0.15) is 12.5 Å². The first-order valence-electron chi connectivity index (χ1n) is 6.27. The molecular weight excluding hydrogens is 260 g/mol. The molecule has 1 aliphatic rings. The van der Waals surface area contributed by atoms with E-state index in [0.717, 1.165) is 29.3 Å². The van der Waals surface area contributed by atoms with E-state index in [0.29, 0.717) is 6.04 Å². The molecule has 2 aromatic rings. The minimum absolute atomic E-state index is 0.276. The molecule has 4 nitrogen and oxygen atoms in total. The smallest absolute Gasteiger partial charge is 0.226 e. The summed E-state index contributed by atoms with van der Waals surface area (Å²) in [4.78, 5) is 10.7. The van der Waals surface area contributed by atoms with E-state index in [9.17, 15) is 0 Å². The van der Waals surface area contributed by atoms with E-state index in [4.69, 9.17) is 11.6 Å². The van der Waals surface area contributed by atoms with E-state index in [1.54, 1.807) is 0 Å². The third kappa shape index (κ3) is 2.24. The van der Waals surface area contributed by atoms with Crippen molar-refractivity contribution in [3.8, 4) is 0 Å². The molecule has 0 radical (unpaired) electrons. The molecule has 1 aliphatic heterocycles. The Balaban J connectivity index is 2.06. The normalized spacial score (nSPS) is 16.9. The number of nitrogens with one attached hydrogen (secondary N) is 1. The first-order valence-corrected chi connectivity index (χ1v) is 6.64. The van der Waals surface area contributed by atoms with Gasteiger partial charge in [0.15, 0.2) is 0 Å². The maximum atomic E-state index is 6.02. The molecule has 2 heterocycles. The summed E-state index contributed by atoms with van der Waals surface area (Å²) >= 11 is 6.02. The summed E-state index contributed by atoms with van der Waals surface area (Å²) in [6.07, 6.45) is 0.916. The maximum absolute atomic E-state index is 6.02. The first-order chi connectivity index (χ1) is 9.15. The highest BCUT2D eigenvalue weighted by atomic mass is 35.5. The zero-order valence-electron chi connectivity index (χ0n) is 10.9. The molecule has 0 amide bonds. The standard InChI is InChI=1S/C14H15ClN4/c1-9-8-11-12(16-9)17-14(15)18-13(11)19(2)10-6-4-3-5-7-10/h3-7,9H,8H2,1-2H3,(H,16,17,18)/t9-/m1/s1. The van der Waals surface area contributed by atoms with Crippen LogP contribution in [0.25, 0.3) is 0 Å². The number of para-hydroxylation sites is 1. The van der Waals surface area contributed by atoms with Crippen LogP contribution in [0.15, 0.2) is 30.3 Å². The van der Waals surface area contributed by atoms with Crippen LogP contribution in [-0.2, 0) is 6.42 Å². The van der Waals surface area contributed by atoms with Crippen molar-refractivity contribution in [2.45, 2.75) is 19.4 Å². The molecule has 1 aromatic carbocycles. The number of rotatable bonds is 2. The summed E-state index contributed by atoms with van der Waals surface area (Å²) < 4.78 is 0. The molecule has 3 rings (SSSR count). The Kier molecular flexibility index (Phi) is 3.03. The van der Waals surface area contributed by atoms with E-state index in [2.05, 4.69) is 22.2 Å². The molecule has 0 saturated carbocycles. The van der Waals surface area contributed by atoms with Crippen molar-refractivity contribution < 1.29 is 0 Å². The number of anilines is 3. The molecule has 0 bridgehead atoms. The summed E-state index contributed by atoms with van der Waals surface area (Å²) in [5.41, 5.74) is 2.21. The number of benzene rings is 1. The van der Waals surface area contributed by atoms with Crippen LogP contribution in [0, 0.1) is 0 Å². The summed E-state index contributed by atoms with van der Waals surface area (Å²) in [5.74, 6) is 1.73. The van der Waals surface area contributed by atoms with Crippen LogP contribution in [0.5, 0.6) is 0 Å². The van der Waals surface area contributed by atoms with Gasteiger partial charge in [0.25, 0.3) is 0 Å². The van der Waals surface area contributed by atoms with Gasteiger partial charge in [-0.3, -0.25) is 0 Å². The largest absolute Gasteiger partial charge is 0.367 e. The van der Waals surface area contributed by atoms with Gasteiger partial charge in [-0.05, 0) is 37.1 Å². The number of nitrogens with zero attached hydrogens (tertiary/aromatic N) is 3. The Morgan fingerprint density at radius 3 is 2.74 bits per heavy atom. The van der Waals surface area contributed by atoms with Crippen LogP contribution in [0.3, 0.4) is 0 Å². The van der Waals surface area contributed by atoms with Gasteiger partial charge in [-0.25, -0.2) is 4.98 Å². The number of fused-ring (bicyclic) bond motifs is 1. The Morgan fingerprint density at radius 2 is 2.00 bits per heavy atom. The third-order valence-electron chi connectivity index (χ3n) is 3.31. The van der Waals surface area contributed by atoms with Gasteiger partial charge in [-0.1, -0.05) is 18.2 Å². The van der Waals surface area contributed by atoms with Crippen molar-refractivity contribution in [3.63, 3.8) is 0 Å². The summed E-state index contributed by atoms with van der Waals surface area (Å²) in [5, 5.41) is 3.60. The minimum atomic E-state index is 0.276. The molecule has 0 fully saturated rings. The highest BCUT2D eigenvalue weighted by Gasteiger charge is 2.25. The number of hydrogen-bond acceptors (Lipinski definition) is 4. The average molecular weight is 275 g/mol. The van der Waals surface area contributed by atoms with Crippen molar-refractivity contribution in [1.29, 1.82) is 0 Å². The molecule has 1 aromatic heterocycles. The van der Waals surface area contributed by atoms with Crippen LogP contribution in [0.4, 0.5) is 17.3 Å². The highest BCUT2D eigenvalue weighted by Crippen LogP contribution is 2.34. The summed E-state index contributed by atoms with van der Waals surface area (Å²) in [6.45, 7) is 2.13. The van der Waals surface area contributed by atoms with E-state index < -0.39 is 0 Å². The zero-order valence-corrected chi connectivity index (χ0v) is 11.6. The van der Waals surface area contributed by atoms with E-state index in [-0.39, 0.29) is 5.28 Å². The van der Waals surface area contributed by atoms with Gasteiger partial charge in [-0.15, -0.1) is 0 Å². The fourth-order valence-electron chi connectivity index (χ4n) is 2.39. The quantitative estimate of drug-likeness (QED) is 0.854. The Labute approximate surface area is 117 Å². The highest BCUT2D eigenvalue weighted by molar-refractivity contribution is 6.28. The van der Waals surface area contributed by atoms with Crippen LogP contribution < -0.4 is 10.2 Å². The minimum Gasteiger partial charge on any atom is -0.367 e. The molecule has 1 N–H and O–H groups in total. The van der Waals surface area contributed by atoms with Gasteiger partial charge in [0.1, 0.15) is 11.6 Å². The van der Waals surface area contributed by atoms with Crippen molar-refractivity contribution in [2.24, 2.45) is 0 Å². The topological polar surface area (TPSA) is 41.1 Å². The van der Waals surface area contributed by atoms with Crippen molar-refractivity contribution in [1.82, 2.24) is 9.97 Å². The van der Waals surface area contributed by atoms with E-state index in [1.165, 1.54) is 0 Å². The van der Waals surface area contributed by atoms with Gasteiger partial charge < -0.3 is 10.2 Å². The monoisotopic (exact) mass is 274 g/mol. The predicted octanol–water partition coefficient (Wildman–Crippen LogP) is 3.25. The lowest BCUT2D eigenvalue weighted by Crippen LogP contribution is -2.14. The molecule has 0 aliphatic carbocycles. The maximum Gasteiger partial charge on any atom is 0.226 e. The molecule has 1 atom stereocenters. The molecule has 98 valence electrons. The Bertz CT molecular complexity index is 600. The van der Waals surface area contributed by atoms with Gasteiger partial charge >= 0.3 is 0 Å². The number of aromatic nitrogens is 2. The fraction of sp³-hybridized carbons (Fsp3) is 0.286. The summed E-state index contributed by atoms with van der Waals surface area (Å²) in [6, 6.07) is 10.5. The third-order valence-corrected chi connectivity index (χ3v) is 3.48. The molecule has 0 unspecified atom stereocenters. The van der Waals surface area contributed by atoms with Crippen LogP contribution in [0.2, 0.25) is 5.28 Å². The van der Waals surface area contributed by atoms with Crippen LogP contribution in [-0.4, -0.2) is 23.1 Å². The van der Waals surface area contributed by atoms with Crippen molar-refractivity contribution >= 4 is 28.9 Å². The lowest BCUT2D eigenvalue weighted by molar-refractivity contribution is 0.835. The summed E-state index contributed by atoms with van der Waals surface area (Å²) in [7, 11) is 2.00. The molecule has 0 spiro atoms. The molecule has 0 saturated heterocycles. The second kappa shape index (κ2) is 4.70. The molecular formula is C14H15ClN4. The fourth-order valence-corrected chi connectivity index (χ4v) is 2.56. The Hall–Kier alpha value is -1.81. The lowest BCUT2D eigenvalue weighted by Gasteiger charge is -2.20.